The van der Waals surface area contributed by atoms with Crippen LogP contribution in [0.4, 0.5) is 0 Å². The van der Waals surface area contributed by atoms with Gasteiger partial charge in [-0.25, -0.2) is 0 Å². The zero-order valence-corrected chi connectivity index (χ0v) is 11.6. The van der Waals surface area contributed by atoms with E-state index in [2.05, 4.69) is 19.3 Å². The molecule has 17 heavy (non-hydrogen) atoms. The van der Waals surface area contributed by atoms with Gasteiger partial charge >= 0.3 is 0 Å². The van der Waals surface area contributed by atoms with Crippen LogP contribution in [0.15, 0.2) is 0 Å². The SMILES string of the molecule is COCCOCCC(CCC(C)(C)OC)NN. The first-order chi connectivity index (χ1) is 8.05. The Morgan fingerprint density at radius 1 is 1.12 bits per heavy atom. The first-order valence-electron chi connectivity index (χ1n) is 6.13. The molecule has 5 nitrogen and oxygen atoms in total. The molecule has 0 saturated heterocycles. The predicted octanol–water partition coefficient (Wildman–Crippen LogP) is 1.08. The van der Waals surface area contributed by atoms with Gasteiger partial charge in [-0.15, -0.1) is 0 Å². The maximum Gasteiger partial charge on any atom is 0.0700 e. The molecular formula is C12H28N2O3. The van der Waals surface area contributed by atoms with Crippen molar-refractivity contribution >= 4 is 0 Å². The number of hydrogen-bond acceptors (Lipinski definition) is 5. The zero-order chi connectivity index (χ0) is 13.1. The number of rotatable bonds is 11. The van der Waals surface area contributed by atoms with Gasteiger partial charge in [0.05, 0.1) is 18.8 Å². The van der Waals surface area contributed by atoms with Crippen LogP contribution in [0.3, 0.4) is 0 Å². The Morgan fingerprint density at radius 3 is 2.35 bits per heavy atom. The van der Waals surface area contributed by atoms with Crippen LogP contribution in [-0.2, 0) is 14.2 Å². The first kappa shape index (κ1) is 16.8. The lowest BCUT2D eigenvalue weighted by Crippen LogP contribution is -2.38. The van der Waals surface area contributed by atoms with E-state index in [0.29, 0.717) is 19.8 Å². The number of hydrogen-bond donors (Lipinski definition) is 2. The van der Waals surface area contributed by atoms with Gasteiger partial charge in [-0.2, -0.15) is 0 Å². The third-order valence-corrected chi connectivity index (χ3v) is 2.93. The highest BCUT2D eigenvalue weighted by Gasteiger charge is 2.18. The standard InChI is InChI=1S/C12H28N2O3/c1-12(2,16-4)7-5-11(14-13)6-8-17-10-9-15-3/h11,14H,5-10,13H2,1-4H3. The fraction of sp³-hybridized carbons (Fsp3) is 1.00. The molecule has 0 saturated carbocycles. The van der Waals surface area contributed by atoms with Crippen molar-refractivity contribution in [3.8, 4) is 0 Å². The number of hydrazine groups is 1. The van der Waals surface area contributed by atoms with Crippen molar-refractivity contribution in [3.05, 3.63) is 0 Å². The normalized spacial score (nSPS) is 13.9. The predicted molar refractivity (Wildman–Crippen MR) is 68.7 cm³/mol. The molecule has 0 aliphatic heterocycles. The maximum atomic E-state index is 5.51. The Kier molecular flexibility index (Phi) is 9.68. The molecule has 1 atom stereocenters. The van der Waals surface area contributed by atoms with Crippen LogP contribution in [0.5, 0.6) is 0 Å². The summed E-state index contributed by atoms with van der Waals surface area (Å²) in [4.78, 5) is 0. The summed E-state index contributed by atoms with van der Waals surface area (Å²) in [5, 5.41) is 0. The minimum Gasteiger partial charge on any atom is -0.382 e. The lowest BCUT2D eigenvalue weighted by molar-refractivity contribution is 0.0101. The fourth-order valence-electron chi connectivity index (χ4n) is 1.40. The average Bonchev–Trinajstić information content (AvgIpc) is 2.32. The van der Waals surface area contributed by atoms with Crippen LogP contribution < -0.4 is 11.3 Å². The molecule has 1 unspecified atom stereocenters. The highest BCUT2D eigenvalue weighted by atomic mass is 16.5. The molecule has 0 aliphatic rings. The average molecular weight is 248 g/mol. The third kappa shape index (κ3) is 9.50. The van der Waals surface area contributed by atoms with Crippen molar-refractivity contribution in [1.29, 1.82) is 0 Å². The lowest BCUT2D eigenvalue weighted by Gasteiger charge is -2.25. The fourth-order valence-corrected chi connectivity index (χ4v) is 1.40. The molecule has 0 fully saturated rings. The van der Waals surface area contributed by atoms with Gasteiger partial charge in [-0.05, 0) is 33.1 Å². The summed E-state index contributed by atoms with van der Waals surface area (Å²) in [7, 11) is 3.40. The molecule has 5 heteroatoms. The molecule has 0 aromatic rings. The number of nitrogens with two attached hydrogens (primary N) is 1. The molecule has 0 rings (SSSR count). The molecular weight excluding hydrogens is 220 g/mol. The van der Waals surface area contributed by atoms with Gasteiger partial charge in [0.2, 0.25) is 0 Å². The number of methoxy groups -OCH3 is 2. The van der Waals surface area contributed by atoms with Crippen LogP contribution in [0, 0.1) is 0 Å². The van der Waals surface area contributed by atoms with E-state index in [0.717, 1.165) is 19.3 Å². The molecule has 0 heterocycles. The van der Waals surface area contributed by atoms with E-state index in [9.17, 15) is 0 Å². The van der Waals surface area contributed by atoms with E-state index in [4.69, 9.17) is 20.1 Å². The Balaban J connectivity index is 3.62. The van der Waals surface area contributed by atoms with E-state index in [1.807, 2.05) is 0 Å². The Morgan fingerprint density at radius 2 is 1.82 bits per heavy atom. The van der Waals surface area contributed by atoms with Crippen molar-refractivity contribution in [2.45, 2.75) is 44.8 Å². The van der Waals surface area contributed by atoms with E-state index < -0.39 is 0 Å². The van der Waals surface area contributed by atoms with Gasteiger partial charge in [-0.3, -0.25) is 11.3 Å². The van der Waals surface area contributed by atoms with E-state index in [1.54, 1.807) is 14.2 Å². The smallest absolute Gasteiger partial charge is 0.0700 e. The molecule has 0 aromatic carbocycles. The highest BCUT2D eigenvalue weighted by Crippen LogP contribution is 2.17. The monoisotopic (exact) mass is 248 g/mol. The zero-order valence-electron chi connectivity index (χ0n) is 11.6. The van der Waals surface area contributed by atoms with Gasteiger partial charge in [0, 0.05) is 26.9 Å². The number of ether oxygens (including phenoxy) is 3. The summed E-state index contributed by atoms with van der Waals surface area (Å²) in [6, 6.07) is 0.270. The molecule has 0 amide bonds. The minimum absolute atomic E-state index is 0.0913. The maximum absolute atomic E-state index is 5.51. The topological polar surface area (TPSA) is 65.7 Å². The van der Waals surface area contributed by atoms with Crippen LogP contribution in [0.2, 0.25) is 0 Å². The van der Waals surface area contributed by atoms with Crippen molar-refractivity contribution in [1.82, 2.24) is 5.43 Å². The molecule has 0 spiro atoms. The highest BCUT2D eigenvalue weighted by molar-refractivity contribution is 4.73. The second-order valence-electron chi connectivity index (χ2n) is 4.76. The second kappa shape index (κ2) is 9.79. The minimum atomic E-state index is -0.0913. The Hall–Kier alpha value is -0.200. The molecule has 0 aliphatic carbocycles. The van der Waals surface area contributed by atoms with Crippen LogP contribution in [0.1, 0.15) is 33.1 Å². The van der Waals surface area contributed by atoms with Gasteiger partial charge in [0.15, 0.2) is 0 Å². The summed E-state index contributed by atoms with van der Waals surface area (Å²) in [5.41, 5.74) is 2.73. The van der Waals surface area contributed by atoms with Crippen molar-refractivity contribution in [2.75, 3.05) is 34.0 Å². The first-order valence-corrected chi connectivity index (χ1v) is 6.13. The van der Waals surface area contributed by atoms with E-state index in [1.165, 1.54) is 0 Å². The van der Waals surface area contributed by atoms with Crippen molar-refractivity contribution < 1.29 is 14.2 Å². The summed E-state index contributed by atoms with van der Waals surface area (Å²) >= 11 is 0. The quantitative estimate of drug-likeness (QED) is 0.325. The van der Waals surface area contributed by atoms with Crippen LogP contribution >= 0.6 is 0 Å². The second-order valence-corrected chi connectivity index (χ2v) is 4.76. The van der Waals surface area contributed by atoms with E-state index in [-0.39, 0.29) is 11.6 Å². The van der Waals surface area contributed by atoms with Gasteiger partial charge in [0.25, 0.3) is 0 Å². The van der Waals surface area contributed by atoms with Crippen LogP contribution in [-0.4, -0.2) is 45.7 Å². The van der Waals surface area contributed by atoms with Gasteiger partial charge in [0.1, 0.15) is 0 Å². The summed E-state index contributed by atoms with van der Waals surface area (Å²) < 4.78 is 15.7. The largest absolute Gasteiger partial charge is 0.382 e. The van der Waals surface area contributed by atoms with Gasteiger partial charge < -0.3 is 14.2 Å². The Bertz CT molecular complexity index is 177. The molecule has 0 radical (unpaired) electrons. The molecule has 0 aromatic heterocycles. The Labute approximate surface area is 105 Å². The summed E-state index contributed by atoms with van der Waals surface area (Å²) in [6.07, 6.45) is 2.85. The number of nitrogens with one attached hydrogen (secondary N) is 1. The van der Waals surface area contributed by atoms with Crippen molar-refractivity contribution in [2.24, 2.45) is 5.84 Å². The van der Waals surface area contributed by atoms with Crippen LogP contribution in [0.25, 0.3) is 0 Å². The van der Waals surface area contributed by atoms with E-state index >= 15 is 0 Å². The summed E-state index contributed by atoms with van der Waals surface area (Å²) in [5.74, 6) is 5.51. The van der Waals surface area contributed by atoms with Gasteiger partial charge in [-0.1, -0.05) is 0 Å². The third-order valence-electron chi connectivity index (χ3n) is 2.93. The molecule has 3 N–H and O–H groups in total. The molecule has 0 bridgehead atoms. The molecule has 104 valence electrons. The summed E-state index contributed by atoms with van der Waals surface area (Å²) in [6.45, 7) is 6.13. The van der Waals surface area contributed by atoms with Crippen molar-refractivity contribution in [3.63, 3.8) is 0 Å². The lowest BCUT2D eigenvalue weighted by atomic mass is 9.98.